The lowest BCUT2D eigenvalue weighted by molar-refractivity contribution is 0.670. The Morgan fingerprint density at radius 2 is 0.918 bits per heavy atom. The molecule has 286 valence electrons. The van der Waals surface area contributed by atoms with E-state index in [-0.39, 0.29) is 0 Å². The summed E-state index contributed by atoms with van der Waals surface area (Å²) in [6.45, 7) is 0. The fraction of sp³-hybridized carbons (Fsp3) is 0. The zero-order valence-electron chi connectivity index (χ0n) is 33.2. The Hall–Kier alpha value is -8.14. The van der Waals surface area contributed by atoms with E-state index in [1.165, 1.54) is 43.9 Å². The van der Waals surface area contributed by atoms with Gasteiger partial charge in [-0.25, -0.2) is 0 Å². The van der Waals surface area contributed by atoms with Gasteiger partial charge in [0.25, 0.3) is 0 Å². The first-order chi connectivity index (χ1) is 30.3. The van der Waals surface area contributed by atoms with Gasteiger partial charge in [-0.1, -0.05) is 170 Å². The highest BCUT2D eigenvalue weighted by Gasteiger charge is 2.22. The third-order valence-corrected chi connectivity index (χ3v) is 12.2. The molecular formula is C58H38N2O. The Morgan fingerprint density at radius 1 is 0.361 bits per heavy atom. The van der Waals surface area contributed by atoms with Gasteiger partial charge in [0.1, 0.15) is 11.2 Å². The van der Waals surface area contributed by atoms with Gasteiger partial charge in [-0.15, -0.1) is 0 Å². The summed E-state index contributed by atoms with van der Waals surface area (Å²) in [5.41, 5.74) is 15.5. The van der Waals surface area contributed by atoms with E-state index in [0.29, 0.717) is 0 Å². The molecule has 0 fully saturated rings. The number of hydrogen-bond donors (Lipinski definition) is 0. The van der Waals surface area contributed by atoms with E-state index >= 15 is 0 Å². The van der Waals surface area contributed by atoms with E-state index in [4.69, 9.17) is 4.42 Å². The van der Waals surface area contributed by atoms with Crippen LogP contribution in [0.2, 0.25) is 0 Å². The zero-order chi connectivity index (χ0) is 40.3. The Balaban J connectivity index is 1.02. The molecular weight excluding hydrogens is 741 g/mol. The largest absolute Gasteiger partial charge is 0.455 e. The van der Waals surface area contributed by atoms with Gasteiger partial charge in [0.2, 0.25) is 0 Å². The number of para-hydroxylation sites is 2. The number of furan rings is 1. The summed E-state index contributed by atoms with van der Waals surface area (Å²) in [5.74, 6) is 0. The minimum Gasteiger partial charge on any atom is -0.455 e. The predicted molar refractivity (Wildman–Crippen MR) is 257 cm³/mol. The van der Waals surface area contributed by atoms with E-state index in [2.05, 4.69) is 234 Å². The van der Waals surface area contributed by atoms with E-state index in [1.54, 1.807) is 0 Å². The molecule has 0 bridgehead atoms. The molecule has 0 atom stereocenters. The SMILES string of the molecule is c1ccc(-c2ccc(N(c3ccc(-c4ccc5oc6c(-c7ccccc7)cccc6c5c4)cc3)c3cccc4c3c3ccccc3n4-c3cccc4ccccc34)cc2)cc1. The summed E-state index contributed by atoms with van der Waals surface area (Å²) in [7, 11) is 0. The maximum Gasteiger partial charge on any atom is 0.143 e. The third-order valence-electron chi connectivity index (χ3n) is 12.2. The molecule has 2 heterocycles. The molecule has 0 aliphatic rings. The lowest BCUT2D eigenvalue weighted by Gasteiger charge is -2.27. The summed E-state index contributed by atoms with van der Waals surface area (Å²) in [4.78, 5) is 2.42. The topological polar surface area (TPSA) is 21.3 Å². The molecule has 0 saturated carbocycles. The Kier molecular flexibility index (Phi) is 8.17. The van der Waals surface area contributed by atoms with Gasteiger partial charge in [-0.3, -0.25) is 0 Å². The minimum absolute atomic E-state index is 0.889. The standard InChI is InChI=1S/C58H38N2O/c1-3-14-39(15-4-1)40-28-33-45(34-29-40)59(54-26-13-27-55-57(54)50-21-9-10-24-53(50)60(55)52-25-11-19-42-18-7-8-20-47(42)52)46-35-30-41(31-36-46)44-32-37-56-51(38-44)49-23-12-22-48(58(49)61-56)43-16-5-2-6-17-43/h1-38H. The molecule has 0 spiro atoms. The second-order valence-electron chi connectivity index (χ2n) is 15.7. The van der Waals surface area contributed by atoms with E-state index in [1.807, 2.05) is 6.07 Å². The summed E-state index contributed by atoms with van der Waals surface area (Å²) in [5, 5.41) is 7.09. The molecule has 3 nitrogen and oxygen atoms in total. The number of anilines is 3. The van der Waals surface area contributed by atoms with Crippen molar-refractivity contribution in [1.82, 2.24) is 4.57 Å². The van der Waals surface area contributed by atoms with Crippen molar-refractivity contribution >= 4 is 71.6 Å². The van der Waals surface area contributed by atoms with Crippen LogP contribution < -0.4 is 4.90 Å². The number of fused-ring (bicyclic) bond motifs is 7. The second-order valence-corrected chi connectivity index (χ2v) is 15.7. The molecule has 0 saturated heterocycles. The summed E-state index contributed by atoms with van der Waals surface area (Å²) in [6.07, 6.45) is 0. The van der Waals surface area contributed by atoms with Crippen LogP contribution in [0.3, 0.4) is 0 Å². The predicted octanol–water partition coefficient (Wildman–Crippen LogP) is 16.3. The maximum atomic E-state index is 6.52. The Morgan fingerprint density at radius 3 is 1.69 bits per heavy atom. The van der Waals surface area contributed by atoms with Crippen molar-refractivity contribution in [1.29, 1.82) is 0 Å². The fourth-order valence-corrected chi connectivity index (χ4v) is 9.34. The maximum absolute atomic E-state index is 6.52. The first kappa shape index (κ1) is 34.9. The normalized spacial score (nSPS) is 11.6. The molecule has 0 unspecified atom stereocenters. The van der Waals surface area contributed by atoms with E-state index < -0.39 is 0 Å². The van der Waals surface area contributed by atoms with Gasteiger partial charge < -0.3 is 13.9 Å². The minimum atomic E-state index is 0.889. The molecule has 2 aromatic heterocycles. The van der Waals surface area contributed by atoms with Gasteiger partial charge >= 0.3 is 0 Å². The highest BCUT2D eigenvalue weighted by molar-refractivity contribution is 6.17. The number of hydrogen-bond acceptors (Lipinski definition) is 2. The van der Waals surface area contributed by atoms with Crippen molar-refractivity contribution in [3.8, 4) is 39.1 Å². The molecule has 0 N–H and O–H groups in total. The third kappa shape index (κ3) is 5.82. The molecule has 0 radical (unpaired) electrons. The zero-order valence-corrected chi connectivity index (χ0v) is 33.2. The van der Waals surface area contributed by atoms with E-state index in [0.717, 1.165) is 66.8 Å². The van der Waals surface area contributed by atoms with Crippen LogP contribution in [0.4, 0.5) is 17.1 Å². The lowest BCUT2D eigenvalue weighted by Crippen LogP contribution is -2.10. The van der Waals surface area contributed by atoms with Crippen molar-refractivity contribution in [2.75, 3.05) is 4.90 Å². The molecule has 12 aromatic rings. The van der Waals surface area contributed by atoms with Crippen LogP contribution in [0.1, 0.15) is 0 Å². The van der Waals surface area contributed by atoms with Crippen LogP contribution in [-0.4, -0.2) is 4.57 Å². The van der Waals surface area contributed by atoms with Gasteiger partial charge in [-0.05, 0) is 93.9 Å². The summed E-state index contributed by atoms with van der Waals surface area (Å²) in [6, 6.07) is 82.9. The molecule has 61 heavy (non-hydrogen) atoms. The number of rotatable bonds is 7. The van der Waals surface area contributed by atoms with Gasteiger partial charge in [0.05, 0.1) is 22.4 Å². The molecule has 12 rings (SSSR count). The Labute approximate surface area is 353 Å². The molecule has 0 aliphatic carbocycles. The van der Waals surface area contributed by atoms with Gasteiger partial charge in [0.15, 0.2) is 0 Å². The number of aromatic nitrogens is 1. The highest BCUT2D eigenvalue weighted by Crippen LogP contribution is 2.45. The highest BCUT2D eigenvalue weighted by atomic mass is 16.3. The quantitative estimate of drug-likeness (QED) is 0.161. The fourth-order valence-electron chi connectivity index (χ4n) is 9.34. The summed E-state index contributed by atoms with van der Waals surface area (Å²) >= 11 is 0. The Bertz CT molecular complexity index is 3560. The number of benzene rings is 10. The van der Waals surface area contributed by atoms with Crippen LogP contribution in [0.25, 0.3) is 93.6 Å². The van der Waals surface area contributed by atoms with Gasteiger partial charge in [-0.2, -0.15) is 0 Å². The van der Waals surface area contributed by atoms with Crippen molar-refractivity contribution in [3.05, 3.63) is 231 Å². The average Bonchev–Trinajstić information content (AvgIpc) is 3.88. The number of nitrogens with zero attached hydrogens (tertiary/aromatic N) is 2. The molecule has 0 amide bonds. The summed E-state index contributed by atoms with van der Waals surface area (Å²) < 4.78 is 8.96. The molecule has 0 aliphatic heterocycles. The van der Waals surface area contributed by atoms with Crippen LogP contribution in [0, 0.1) is 0 Å². The van der Waals surface area contributed by atoms with Crippen LogP contribution in [0.5, 0.6) is 0 Å². The van der Waals surface area contributed by atoms with Crippen LogP contribution >= 0.6 is 0 Å². The second kappa shape index (κ2) is 14.3. The smallest absolute Gasteiger partial charge is 0.143 e. The van der Waals surface area contributed by atoms with Crippen molar-refractivity contribution in [2.24, 2.45) is 0 Å². The van der Waals surface area contributed by atoms with Crippen molar-refractivity contribution < 1.29 is 4.42 Å². The first-order valence-electron chi connectivity index (χ1n) is 20.8. The lowest BCUT2D eigenvalue weighted by atomic mass is 10.00. The van der Waals surface area contributed by atoms with E-state index in [9.17, 15) is 0 Å². The van der Waals surface area contributed by atoms with Crippen LogP contribution in [0.15, 0.2) is 235 Å². The molecule has 10 aromatic carbocycles. The monoisotopic (exact) mass is 778 g/mol. The van der Waals surface area contributed by atoms with Crippen molar-refractivity contribution in [3.63, 3.8) is 0 Å². The average molecular weight is 779 g/mol. The van der Waals surface area contributed by atoms with Crippen LogP contribution in [-0.2, 0) is 0 Å². The van der Waals surface area contributed by atoms with Crippen molar-refractivity contribution in [2.45, 2.75) is 0 Å². The first-order valence-corrected chi connectivity index (χ1v) is 20.8. The molecule has 3 heteroatoms. The van der Waals surface area contributed by atoms with Gasteiger partial charge in [0, 0.05) is 43.9 Å².